The van der Waals surface area contributed by atoms with Crippen LogP contribution in [0.1, 0.15) is 6.92 Å². The van der Waals surface area contributed by atoms with Gasteiger partial charge in [0.2, 0.25) is 11.7 Å². The predicted molar refractivity (Wildman–Crippen MR) is 60.2 cm³/mol. The van der Waals surface area contributed by atoms with Crippen LogP contribution in [0.3, 0.4) is 0 Å². The van der Waals surface area contributed by atoms with E-state index in [1.165, 1.54) is 6.26 Å². The summed E-state index contributed by atoms with van der Waals surface area (Å²) in [5, 5.41) is 22.9. The quantitative estimate of drug-likeness (QED) is 0.737. The van der Waals surface area contributed by atoms with Gasteiger partial charge in [-0.05, 0) is 24.3 Å². The molecule has 0 saturated heterocycles. The molecule has 0 spiro atoms. The predicted octanol–water partition coefficient (Wildman–Crippen LogP) is -0.570. The summed E-state index contributed by atoms with van der Waals surface area (Å²) < 4.78 is 5.11. The Bertz CT molecular complexity index is 507. The van der Waals surface area contributed by atoms with Gasteiger partial charge in [-0.3, -0.25) is 4.79 Å². The number of aliphatic hydroxyl groups is 1. The van der Waals surface area contributed by atoms with Gasteiger partial charge >= 0.3 is 0 Å². The second kappa shape index (κ2) is 5.41. The summed E-state index contributed by atoms with van der Waals surface area (Å²) in [6.07, 6.45) is 1.51. The minimum absolute atomic E-state index is 0.0575. The number of aromatic nitrogens is 4. The lowest BCUT2D eigenvalue weighted by molar-refractivity contribution is -0.122. The van der Waals surface area contributed by atoms with E-state index < -0.39 is 0 Å². The molecule has 1 amide bonds. The molecule has 0 fully saturated rings. The zero-order valence-electron chi connectivity index (χ0n) is 9.78. The van der Waals surface area contributed by atoms with Crippen LogP contribution in [0.2, 0.25) is 0 Å². The molecule has 0 aliphatic rings. The maximum absolute atomic E-state index is 11.5. The molecule has 8 nitrogen and oxygen atoms in total. The number of rotatable bonds is 5. The fraction of sp³-hybridized carbons (Fsp3) is 0.400. The number of hydrogen-bond acceptors (Lipinski definition) is 6. The zero-order valence-corrected chi connectivity index (χ0v) is 9.78. The number of tetrazole rings is 1. The largest absolute Gasteiger partial charge is 0.461 e. The highest BCUT2D eigenvalue weighted by molar-refractivity contribution is 5.75. The van der Waals surface area contributed by atoms with Gasteiger partial charge in [0, 0.05) is 6.04 Å². The van der Waals surface area contributed by atoms with Gasteiger partial charge in [-0.1, -0.05) is 0 Å². The molecule has 0 aliphatic heterocycles. The SMILES string of the molecule is CC(CO)NC(=O)Cn1nnc(-c2ccco2)n1. The first-order valence-electron chi connectivity index (χ1n) is 5.41. The van der Waals surface area contributed by atoms with Gasteiger partial charge in [0.1, 0.15) is 6.54 Å². The molecule has 0 aliphatic carbocycles. The molecular formula is C10H13N5O3. The monoisotopic (exact) mass is 251 g/mol. The molecule has 2 heterocycles. The van der Waals surface area contributed by atoms with Crippen LogP contribution in [0.25, 0.3) is 11.6 Å². The van der Waals surface area contributed by atoms with Crippen molar-refractivity contribution in [2.45, 2.75) is 19.5 Å². The minimum Gasteiger partial charge on any atom is -0.461 e. The number of amides is 1. The second-order valence-corrected chi connectivity index (χ2v) is 3.77. The number of aliphatic hydroxyl groups excluding tert-OH is 1. The lowest BCUT2D eigenvalue weighted by atomic mass is 10.3. The van der Waals surface area contributed by atoms with Crippen molar-refractivity contribution >= 4 is 5.91 Å². The molecule has 2 N–H and O–H groups in total. The Morgan fingerprint density at radius 2 is 2.50 bits per heavy atom. The summed E-state index contributed by atoms with van der Waals surface area (Å²) in [7, 11) is 0. The van der Waals surface area contributed by atoms with E-state index in [2.05, 4.69) is 20.7 Å². The van der Waals surface area contributed by atoms with Crippen LogP contribution in [0, 0.1) is 0 Å². The third-order valence-corrected chi connectivity index (χ3v) is 2.16. The molecule has 2 aromatic heterocycles. The maximum atomic E-state index is 11.5. The highest BCUT2D eigenvalue weighted by Gasteiger charge is 2.12. The summed E-state index contributed by atoms with van der Waals surface area (Å²) in [5.74, 6) is 0.522. The lowest BCUT2D eigenvalue weighted by Crippen LogP contribution is -2.37. The fourth-order valence-electron chi connectivity index (χ4n) is 1.31. The van der Waals surface area contributed by atoms with E-state index in [1.807, 2.05) is 0 Å². The average molecular weight is 251 g/mol. The first kappa shape index (κ1) is 12.2. The van der Waals surface area contributed by atoms with Gasteiger partial charge in [-0.25, -0.2) is 0 Å². The third kappa shape index (κ3) is 2.92. The number of furan rings is 1. The Kier molecular flexibility index (Phi) is 3.68. The van der Waals surface area contributed by atoms with Crippen LogP contribution in [0.4, 0.5) is 0 Å². The molecule has 0 saturated carbocycles. The highest BCUT2D eigenvalue weighted by Crippen LogP contribution is 2.12. The van der Waals surface area contributed by atoms with E-state index in [4.69, 9.17) is 9.52 Å². The standard InChI is InChI=1S/C10H13N5O3/c1-7(6-16)11-9(17)5-15-13-10(12-14-15)8-3-2-4-18-8/h2-4,7,16H,5-6H2,1H3,(H,11,17). The van der Waals surface area contributed by atoms with E-state index in [-0.39, 0.29) is 25.1 Å². The third-order valence-electron chi connectivity index (χ3n) is 2.16. The first-order valence-corrected chi connectivity index (χ1v) is 5.41. The van der Waals surface area contributed by atoms with Gasteiger partial charge in [0.25, 0.3) is 0 Å². The van der Waals surface area contributed by atoms with Crippen molar-refractivity contribution in [3.05, 3.63) is 18.4 Å². The molecule has 96 valence electrons. The summed E-state index contributed by atoms with van der Waals surface area (Å²) in [5.41, 5.74) is 0. The summed E-state index contributed by atoms with van der Waals surface area (Å²) in [6, 6.07) is 3.12. The Balaban J connectivity index is 1.97. The van der Waals surface area contributed by atoms with Crippen molar-refractivity contribution in [1.29, 1.82) is 0 Å². The summed E-state index contributed by atoms with van der Waals surface area (Å²) in [4.78, 5) is 12.7. The normalized spacial score (nSPS) is 12.3. The van der Waals surface area contributed by atoms with Gasteiger partial charge in [-0.2, -0.15) is 4.80 Å². The number of carbonyl (C=O) groups excluding carboxylic acids is 1. The van der Waals surface area contributed by atoms with E-state index in [9.17, 15) is 4.79 Å². The molecule has 0 bridgehead atoms. The lowest BCUT2D eigenvalue weighted by Gasteiger charge is -2.09. The van der Waals surface area contributed by atoms with Crippen molar-refractivity contribution in [1.82, 2.24) is 25.5 Å². The van der Waals surface area contributed by atoms with Crippen molar-refractivity contribution in [3.63, 3.8) is 0 Å². The van der Waals surface area contributed by atoms with Crippen LogP contribution in [-0.4, -0.2) is 43.9 Å². The minimum atomic E-state index is -0.300. The molecule has 1 atom stereocenters. The molecule has 0 aromatic carbocycles. The van der Waals surface area contributed by atoms with Gasteiger partial charge in [0.05, 0.1) is 12.9 Å². The van der Waals surface area contributed by atoms with E-state index in [0.717, 1.165) is 4.80 Å². The Morgan fingerprint density at radius 3 is 3.17 bits per heavy atom. The Hall–Kier alpha value is -2.22. The molecule has 18 heavy (non-hydrogen) atoms. The van der Waals surface area contributed by atoms with Crippen molar-refractivity contribution in [2.24, 2.45) is 0 Å². The van der Waals surface area contributed by atoms with Gasteiger partial charge in [0.15, 0.2) is 5.76 Å². The smallest absolute Gasteiger partial charge is 0.243 e. The second-order valence-electron chi connectivity index (χ2n) is 3.77. The zero-order chi connectivity index (χ0) is 13.0. The van der Waals surface area contributed by atoms with E-state index in [1.54, 1.807) is 19.1 Å². The highest BCUT2D eigenvalue weighted by atomic mass is 16.3. The maximum Gasteiger partial charge on any atom is 0.243 e. The van der Waals surface area contributed by atoms with E-state index >= 15 is 0 Å². The average Bonchev–Trinajstić information content (AvgIpc) is 2.98. The topological polar surface area (TPSA) is 106 Å². The van der Waals surface area contributed by atoms with Crippen molar-refractivity contribution < 1.29 is 14.3 Å². The van der Waals surface area contributed by atoms with Crippen LogP contribution < -0.4 is 5.32 Å². The molecule has 2 rings (SSSR count). The van der Waals surface area contributed by atoms with Gasteiger partial charge < -0.3 is 14.8 Å². The molecular weight excluding hydrogens is 238 g/mol. The number of nitrogens with zero attached hydrogens (tertiary/aromatic N) is 4. The van der Waals surface area contributed by atoms with Crippen LogP contribution in [0.5, 0.6) is 0 Å². The van der Waals surface area contributed by atoms with Crippen LogP contribution in [-0.2, 0) is 11.3 Å². The summed E-state index contributed by atoms with van der Waals surface area (Å²) >= 11 is 0. The Labute approximate surface area is 103 Å². The first-order chi connectivity index (χ1) is 8.69. The van der Waals surface area contributed by atoms with Crippen molar-refractivity contribution in [2.75, 3.05) is 6.61 Å². The molecule has 1 unspecified atom stereocenters. The van der Waals surface area contributed by atoms with Crippen LogP contribution in [0.15, 0.2) is 22.8 Å². The molecule has 0 radical (unpaired) electrons. The summed E-state index contributed by atoms with van der Waals surface area (Å²) in [6.45, 7) is 1.52. The number of carbonyl (C=O) groups is 1. The van der Waals surface area contributed by atoms with Crippen LogP contribution >= 0.6 is 0 Å². The molecule has 2 aromatic rings. The van der Waals surface area contributed by atoms with E-state index in [0.29, 0.717) is 11.6 Å². The molecule has 8 heteroatoms. The van der Waals surface area contributed by atoms with Gasteiger partial charge in [-0.15, -0.1) is 10.2 Å². The number of hydrogen-bond donors (Lipinski definition) is 2. The number of nitrogens with one attached hydrogen (secondary N) is 1. The fourth-order valence-corrected chi connectivity index (χ4v) is 1.31. The van der Waals surface area contributed by atoms with Crippen molar-refractivity contribution in [3.8, 4) is 11.6 Å². The Morgan fingerprint density at radius 1 is 1.67 bits per heavy atom.